The molecule has 2 aromatic carbocycles. The van der Waals surface area contributed by atoms with Gasteiger partial charge >= 0.3 is 0 Å². The number of nitrogens with zero attached hydrogens (tertiary/aromatic N) is 2. The molecule has 1 N–H and O–H groups in total. The van der Waals surface area contributed by atoms with E-state index in [4.69, 9.17) is 4.74 Å². The topological polar surface area (TPSA) is 35.9 Å². The van der Waals surface area contributed by atoms with Gasteiger partial charge in [-0.15, -0.1) is 0 Å². The molecular weight excluding hydrogens is 271 g/mol. The lowest BCUT2D eigenvalue weighted by atomic mass is 10.2. The van der Waals surface area contributed by atoms with Crippen LogP contribution in [-0.4, -0.2) is 32.0 Å². The van der Waals surface area contributed by atoms with E-state index in [-0.39, 0.29) is 11.6 Å². The summed E-state index contributed by atoms with van der Waals surface area (Å²) in [5.74, 6) is 0.354. The first-order valence-electron chi connectivity index (χ1n) is 6.80. The smallest absolute Gasteiger partial charge is 0.160 e. The van der Waals surface area contributed by atoms with E-state index < -0.39 is 0 Å². The van der Waals surface area contributed by atoms with E-state index in [1.54, 1.807) is 18.2 Å². The molecule has 0 radical (unpaired) electrons. The normalized spacial score (nSPS) is 14.6. The first kappa shape index (κ1) is 13.5. The monoisotopic (exact) mass is 288 g/mol. The molecule has 4 nitrogen and oxygen atoms in total. The Hall–Kier alpha value is -2.43. The second-order valence-electron chi connectivity index (χ2n) is 5.00. The van der Waals surface area contributed by atoms with Crippen LogP contribution in [0.3, 0.4) is 0 Å². The molecule has 1 aliphatic heterocycles. The minimum absolute atomic E-state index is 0.124. The predicted molar refractivity (Wildman–Crippen MR) is 80.6 cm³/mol. The zero-order valence-corrected chi connectivity index (χ0v) is 11.8. The Labute approximate surface area is 123 Å². The average molecular weight is 288 g/mol. The van der Waals surface area contributed by atoms with Gasteiger partial charge in [-0.3, -0.25) is 0 Å². The highest BCUT2D eigenvalue weighted by Crippen LogP contribution is 2.32. The van der Waals surface area contributed by atoms with E-state index >= 15 is 0 Å². The summed E-state index contributed by atoms with van der Waals surface area (Å²) >= 11 is 0. The number of phenols is 1. The second kappa shape index (κ2) is 5.52. The molecule has 1 fully saturated rings. The standard InChI is InChI=1S/C16H17FN2O2/c1-21-16-6-5-14(10-15(16)20)19-8-7-18(11-19)13-4-2-3-12(17)9-13/h2-6,9-10,20H,7-8,11H2,1H3. The van der Waals surface area contributed by atoms with Crippen LogP contribution in [-0.2, 0) is 0 Å². The molecule has 0 bridgehead atoms. The molecule has 0 saturated carbocycles. The number of halogens is 1. The van der Waals surface area contributed by atoms with E-state index in [2.05, 4.69) is 9.80 Å². The number of hydrogen-bond donors (Lipinski definition) is 1. The summed E-state index contributed by atoms with van der Waals surface area (Å²) in [6, 6.07) is 11.9. The molecule has 0 aromatic heterocycles. The lowest BCUT2D eigenvalue weighted by molar-refractivity contribution is 0.373. The fourth-order valence-electron chi connectivity index (χ4n) is 2.56. The molecule has 1 heterocycles. The van der Waals surface area contributed by atoms with Crippen LogP contribution in [0.4, 0.5) is 15.8 Å². The fourth-order valence-corrected chi connectivity index (χ4v) is 2.56. The summed E-state index contributed by atoms with van der Waals surface area (Å²) in [5.41, 5.74) is 1.79. The van der Waals surface area contributed by atoms with Crippen molar-refractivity contribution in [3.05, 3.63) is 48.3 Å². The molecule has 0 amide bonds. The zero-order valence-electron chi connectivity index (χ0n) is 11.8. The van der Waals surface area contributed by atoms with Gasteiger partial charge in [-0.2, -0.15) is 0 Å². The van der Waals surface area contributed by atoms with Gasteiger partial charge in [0.2, 0.25) is 0 Å². The van der Waals surface area contributed by atoms with Gasteiger partial charge in [-0.1, -0.05) is 6.07 Å². The van der Waals surface area contributed by atoms with Crippen molar-refractivity contribution in [1.29, 1.82) is 0 Å². The number of ether oxygens (including phenoxy) is 1. The maximum atomic E-state index is 13.3. The average Bonchev–Trinajstić information content (AvgIpc) is 2.97. The van der Waals surface area contributed by atoms with E-state index in [0.717, 1.165) is 24.5 Å². The van der Waals surface area contributed by atoms with Crippen LogP contribution in [0.1, 0.15) is 0 Å². The van der Waals surface area contributed by atoms with Gasteiger partial charge in [0.1, 0.15) is 5.82 Å². The van der Waals surface area contributed by atoms with Crippen LogP contribution in [0, 0.1) is 5.82 Å². The van der Waals surface area contributed by atoms with E-state index in [0.29, 0.717) is 12.4 Å². The van der Waals surface area contributed by atoms with E-state index in [1.165, 1.54) is 19.2 Å². The highest BCUT2D eigenvalue weighted by molar-refractivity contribution is 5.59. The fraction of sp³-hybridized carbons (Fsp3) is 0.250. The molecule has 110 valence electrons. The highest BCUT2D eigenvalue weighted by Gasteiger charge is 2.21. The maximum Gasteiger partial charge on any atom is 0.160 e. The highest BCUT2D eigenvalue weighted by atomic mass is 19.1. The molecule has 2 aromatic rings. The number of aromatic hydroxyl groups is 1. The third-order valence-electron chi connectivity index (χ3n) is 3.68. The Bertz CT molecular complexity index is 648. The van der Waals surface area contributed by atoms with Crippen LogP contribution in [0.2, 0.25) is 0 Å². The lowest BCUT2D eigenvalue weighted by Crippen LogP contribution is -2.24. The Morgan fingerprint density at radius 3 is 2.38 bits per heavy atom. The van der Waals surface area contributed by atoms with Crippen molar-refractivity contribution in [2.24, 2.45) is 0 Å². The van der Waals surface area contributed by atoms with Crippen molar-refractivity contribution in [2.75, 3.05) is 36.7 Å². The number of phenolic OH excluding ortho intramolecular Hbond substituents is 1. The van der Waals surface area contributed by atoms with Crippen LogP contribution < -0.4 is 14.5 Å². The van der Waals surface area contributed by atoms with Crippen molar-refractivity contribution < 1.29 is 14.2 Å². The predicted octanol–water partition coefficient (Wildman–Crippen LogP) is 2.82. The van der Waals surface area contributed by atoms with Crippen LogP contribution in [0.5, 0.6) is 11.5 Å². The largest absolute Gasteiger partial charge is 0.504 e. The van der Waals surface area contributed by atoms with Crippen molar-refractivity contribution in [2.45, 2.75) is 0 Å². The molecular formula is C16H17FN2O2. The molecule has 0 spiro atoms. The Balaban J connectivity index is 1.76. The van der Waals surface area contributed by atoms with Gasteiger partial charge < -0.3 is 19.6 Å². The number of hydrogen-bond acceptors (Lipinski definition) is 4. The number of benzene rings is 2. The summed E-state index contributed by atoms with van der Waals surface area (Å²) in [6.07, 6.45) is 0. The Kier molecular flexibility index (Phi) is 3.56. The molecule has 0 atom stereocenters. The van der Waals surface area contributed by atoms with Crippen LogP contribution in [0.15, 0.2) is 42.5 Å². The molecule has 21 heavy (non-hydrogen) atoms. The molecule has 3 rings (SSSR count). The first-order chi connectivity index (χ1) is 10.2. The minimum atomic E-state index is -0.229. The molecule has 1 saturated heterocycles. The van der Waals surface area contributed by atoms with Crippen LogP contribution in [0.25, 0.3) is 0 Å². The molecule has 0 aliphatic carbocycles. The lowest BCUT2D eigenvalue weighted by Gasteiger charge is -2.21. The summed E-state index contributed by atoms with van der Waals surface area (Å²) in [6.45, 7) is 2.30. The summed E-state index contributed by atoms with van der Waals surface area (Å²) in [7, 11) is 1.52. The Morgan fingerprint density at radius 2 is 1.76 bits per heavy atom. The van der Waals surface area contributed by atoms with E-state index in [9.17, 15) is 9.50 Å². The number of anilines is 2. The third-order valence-corrected chi connectivity index (χ3v) is 3.68. The molecule has 0 unspecified atom stereocenters. The third kappa shape index (κ3) is 2.72. The maximum absolute atomic E-state index is 13.3. The van der Waals surface area contributed by atoms with Crippen molar-refractivity contribution in [3.8, 4) is 11.5 Å². The zero-order chi connectivity index (χ0) is 14.8. The molecule has 5 heteroatoms. The summed E-state index contributed by atoms with van der Waals surface area (Å²) in [5, 5.41) is 9.86. The van der Waals surface area contributed by atoms with Gasteiger partial charge in [-0.25, -0.2) is 4.39 Å². The van der Waals surface area contributed by atoms with Gasteiger partial charge in [0.15, 0.2) is 11.5 Å². The second-order valence-corrected chi connectivity index (χ2v) is 5.00. The van der Waals surface area contributed by atoms with Gasteiger partial charge in [0, 0.05) is 30.5 Å². The number of rotatable bonds is 3. The Morgan fingerprint density at radius 1 is 1.05 bits per heavy atom. The SMILES string of the molecule is COc1ccc(N2CCN(c3cccc(F)c3)C2)cc1O. The number of methoxy groups -OCH3 is 1. The van der Waals surface area contributed by atoms with Gasteiger partial charge in [-0.05, 0) is 30.3 Å². The first-order valence-corrected chi connectivity index (χ1v) is 6.80. The minimum Gasteiger partial charge on any atom is -0.504 e. The van der Waals surface area contributed by atoms with Crippen molar-refractivity contribution in [3.63, 3.8) is 0 Å². The van der Waals surface area contributed by atoms with Crippen molar-refractivity contribution in [1.82, 2.24) is 0 Å². The van der Waals surface area contributed by atoms with Crippen molar-refractivity contribution >= 4 is 11.4 Å². The summed E-state index contributed by atoms with van der Waals surface area (Å²) < 4.78 is 18.3. The van der Waals surface area contributed by atoms with E-state index in [1.807, 2.05) is 12.1 Å². The van der Waals surface area contributed by atoms with Crippen LogP contribution >= 0.6 is 0 Å². The quantitative estimate of drug-likeness (QED) is 0.942. The molecule has 1 aliphatic rings. The van der Waals surface area contributed by atoms with Gasteiger partial charge in [0.05, 0.1) is 13.8 Å². The van der Waals surface area contributed by atoms with Gasteiger partial charge in [0.25, 0.3) is 0 Å². The summed E-state index contributed by atoms with van der Waals surface area (Å²) in [4.78, 5) is 4.23.